The van der Waals surface area contributed by atoms with Gasteiger partial charge in [-0.05, 0) is 37.1 Å². The van der Waals surface area contributed by atoms with Crippen LogP contribution in [0, 0.1) is 0 Å². The molecule has 0 fully saturated rings. The number of hydrogen-bond donors (Lipinski definition) is 0. The Balaban J connectivity index is 2.42. The topological polar surface area (TPSA) is 30.2 Å². The van der Waals surface area contributed by atoms with Gasteiger partial charge in [0.1, 0.15) is 11.3 Å². The van der Waals surface area contributed by atoms with Crippen LogP contribution in [0.1, 0.15) is 18.2 Å². The predicted octanol–water partition coefficient (Wildman–Crippen LogP) is 3.31. The Bertz CT molecular complexity index is 702. The molecule has 1 aliphatic carbocycles. The van der Waals surface area contributed by atoms with Gasteiger partial charge in [0.25, 0.3) is 0 Å². The SMILES string of the molecule is CC1=Cc2oc3ccccc3c(=O)c2CC=C1. The van der Waals surface area contributed by atoms with Gasteiger partial charge in [-0.15, -0.1) is 0 Å². The minimum Gasteiger partial charge on any atom is -0.456 e. The number of hydrogen-bond acceptors (Lipinski definition) is 2. The van der Waals surface area contributed by atoms with E-state index in [1.54, 1.807) is 0 Å². The Morgan fingerprint density at radius 2 is 2.06 bits per heavy atom. The van der Waals surface area contributed by atoms with E-state index >= 15 is 0 Å². The Morgan fingerprint density at radius 3 is 2.94 bits per heavy atom. The molecule has 3 rings (SSSR count). The van der Waals surface area contributed by atoms with Gasteiger partial charge in [0.2, 0.25) is 0 Å². The second kappa shape index (κ2) is 3.74. The molecule has 2 heteroatoms. The molecule has 0 saturated carbocycles. The maximum atomic E-state index is 12.3. The summed E-state index contributed by atoms with van der Waals surface area (Å²) >= 11 is 0. The molecular weight excluding hydrogens is 212 g/mol. The number of benzene rings is 1. The smallest absolute Gasteiger partial charge is 0.196 e. The number of rotatable bonds is 0. The van der Waals surface area contributed by atoms with Gasteiger partial charge in [0.15, 0.2) is 5.43 Å². The van der Waals surface area contributed by atoms with E-state index in [-0.39, 0.29) is 5.43 Å². The lowest BCUT2D eigenvalue weighted by Crippen LogP contribution is -2.10. The first-order chi connectivity index (χ1) is 8.25. The third-order valence-electron chi connectivity index (χ3n) is 2.98. The van der Waals surface area contributed by atoms with Crippen LogP contribution in [0.2, 0.25) is 0 Å². The van der Waals surface area contributed by atoms with E-state index in [1.165, 1.54) is 0 Å². The fourth-order valence-electron chi connectivity index (χ4n) is 2.13. The highest BCUT2D eigenvalue weighted by Gasteiger charge is 2.12. The molecule has 84 valence electrons. The average molecular weight is 224 g/mol. The van der Waals surface area contributed by atoms with Gasteiger partial charge >= 0.3 is 0 Å². The van der Waals surface area contributed by atoms with E-state index in [2.05, 4.69) is 0 Å². The molecule has 1 aromatic heterocycles. The van der Waals surface area contributed by atoms with E-state index in [1.807, 2.05) is 49.4 Å². The standard InChI is InChI=1S/C15H12O2/c1-10-5-4-7-12-14(9-10)17-13-8-3-2-6-11(13)15(12)16/h2-6,8-9H,7H2,1H3. The minimum absolute atomic E-state index is 0.0810. The monoisotopic (exact) mass is 224 g/mol. The lowest BCUT2D eigenvalue weighted by Gasteiger charge is -2.04. The highest BCUT2D eigenvalue weighted by molar-refractivity contribution is 5.78. The van der Waals surface area contributed by atoms with E-state index < -0.39 is 0 Å². The van der Waals surface area contributed by atoms with Crippen LogP contribution in [0.3, 0.4) is 0 Å². The van der Waals surface area contributed by atoms with Crippen molar-refractivity contribution in [3.63, 3.8) is 0 Å². The predicted molar refractivity (Wildman–Crippen MR) is 69.0 cm³/mol. The summed E-state index contributed by atoms with van der Waals surface area (Å²) in [5.74, 6) is 0.691. The van der Waals surface area contributed by atoms with E-state index in [4.69, 9.17) is 4.42 Å². The van der Waals surface area contributed by atoms with Crippen molar-refractivity contribution in [3.05, 3.63) is 63.5 Å². The fraction of sp³-hybridized carbons (Fsp3) is 0.133. The zero-order valence-corrected chi connectivity index (χ0v) is 9.57. The third-order valence-corrected chi connectivity index (χ3v) is 2.98. The van der Waals surface area contributed by atoms with Crippen molar-refractivity contribution in [1.29, 1.82) is 0 Å². The van der Waals surface area contributed by atoms with Gasteiger partial charge in [0.05, 0.1) is 5.39 Å². The minimum atomic E-state index is 0.0810. The molecule has 0 atom stereocenters. The quantitative estimate of drug-likeness (QED) is 0.687. The lowest BCUT2D eigenvalue weighted by molar-refractivity contribution is 0.583. The third kappa shape index (κ3) is 1.62. The first-order valence-electron chi connectivity index (χ1n) is 5.65. The van der Waals surface area contributed by atoms with Crippen molar-refractivity contribution in [2.45, 2.75) is 13.3 Å². The maximum Gasteiger partial charge on any atom is 0.196 e. The zero-order chi connectivity index (χ0) is 11.8. The Labute approximate surface area is 98.9 Å². The van der Waals surface area contributed by atoms with Crippen LogP contribution in [0.15, 0.2) is 51.2 Å². The van der Waals surface area contributed by atoms with Crippen LogP contribution < -0.4 is 5.43 Å². The van der Waals surface area contributed by atoms with Crippen molar-refractivity contribution in [3.8, 4) is 0 Å². The van der Waals surface area contributed by atoms with Gasteiger partial charge in [-0.3, -0.25) is 4.79 Å². The van der Waals surface area contributed by atoms with Crippen LogP contribution >= 0.6 is 0 Å². The second-order valence-corrected chi connectivity index (χ2v) is 4.26. The molecule has 17 heavy (non-hydrogen) atoms. The fourth-order valence-corrected chi connectivity index (χ4v) is 2.13. The number of para-hydroxylation sites is 1. The summed E-state index contributed by atoms with van der Waals surface area (Å²) in [6.45, 7) is 2.00. The maximum absolute atomic E-state index is 12.3. The lowest BCUT2D eigenvalue weighted by atomic mass is 10.1. The summed E-state index contributed by atoms with van der Waals surface area (Å²) in [6, 6.07) is 7.38. The molecule has 0 N–H and O–H groups in total. The van der Waals surface area contributed by atoms with Gasteiger partial charge in [-0.2, -0.15) is 0 Å². The number of allylic oxidation sites excluding steroid dienone is 3. The molecule has 1 heterocycles. The van der Waals surface area contributed by atoms with Gasteiger partial charge < -0.3 is 4.42 Å². The molecule has 1 aliphatic rings. The molecule has 0 bridgehead atoms. The molecule has 0 unspecified atom stereocenters. The van der Waals surface area contributed by atoms with Crippen molar-refractivity contribution in [2.75, 3.05) is 0 Å². The van der Waals surface area contributed by atoms with E-state index in [0.29, 0.717) is 23.2 Å². The Hall–Kier alpha value is -2.09. The summed E-state index contributed by atoms with van der Waals surface area (Å²) in [5.41, 5.74) is 2.58. The van der Waals surface area contributed by atoms with Crippen LogP contribution in [-0.4, -0.2) is 0 Å². The molecule has 2 aromatic rings. The highest BCUT2D eigenvalue weighted by Crippen LogP contribution is 2.21. The van der Waals surface area contributed by atoms with Crippen molar-refractivity contribution >= 4 is 17.0 Å². The van der Waals surface area contributed by atoms with Crippen molar-refractivity contribution in [2.24, 2.45) is 0 Å². The zero-order valence-electron chi connectivity index (χ0n) is 9.57. The second-order valence-electron chi connectivity index (χ2n) is 4.26. The molecule has 0 radical (unpaired) electrons. The van der Waals surface area contributed by atoms with Crippen LogP contribution in [-0.2, 0) is 6.42 Å². The molecular formula is C15H12O2. The van der Waals surface area contributed by atoms with Gasteiger partial charge in [-0.25, -0.2) is 0 Å². The van der Waals surface area contributed by atoms with Crippen LogP contribution in [0.4, 0.5) is 0 Å². The molecule has 2 nitrogen and oxygen atoms in total. The molecule has 0 aliphatic heterocycles. The summed E-state index contributed by atoms with van der Waals surface area (Å²) in [4.78, 5) is 12.3. The summed E-state index contributed by atoms with van der Waals surface area (Å²) in [7, 11) is 0. The van der Waals surface area contributed by atoms with Crippen LogP contribution in [0.5, 0.6) is 0 Å². The van der Waals surface area contributed by atoms with Gasteiger partial charge in [-0.1, -0.05) is 24.3 Å². The van der Waals surface area contributed by atoms with Crippen molar-refractivity contribution in [1.82, 2.24) is 0 Å². The van der Waals surface area contributed by atoms with E-state index in [0.717, 1.165) is 11.1 Å². The molecule has 0 amide bonds. The van der Waals surface area contributed by atoms with E-state index in [9.17, 15) is 4.79 Å². The summed E-state index contributed by atoms with van der Waals surface area (Å²) in [5, 5.41) is 0.660. The largest absolute Gasteiger partial charge is 0.456 e. The number of fused-ring (bicyclic) bond motifs is 2. The van der Waals surface area contributed by atoms with Crippen molar-refractivity contribution < 1.29 is 4.42 Å². The molecule has 0 saturated heterocycles. The Morgan fingerprint density at radius 1 is 1.24 bits per heavy atom. The summed E-state index contributed by atoms with van der Waals surface area (Å²) in [6.07, 6.45) is 6.58. The molecule has 1 aromatic carbocycles. The highest BCUT2D eigenvalue weighted by atomic mass is 16.3. The first-order valence-corrected chi connectivity index (χ1v) is 5.65. The summed E-state index contributed by atoms with van der Waals surface area (Å²) < 4.78 is 5.80. The first kappa shape index (κ1) is 10.1. The normalized spacial score (nSPS) is 14.3. The van der Waals surface area contributed by atoms with Crippen LogP contribution in [0.25, 0.3) is 17.0 Å². The van der Waals surface area contributed by atoms with Gasteiger partial charge in [0, 0.05) is 5.56 Å². The molecule has 0 spiro atoms. The average Bonchev–Trinajstić information content (AvgIpc) is 2.51. The Kier molecular flexibility index (Phi) is 2.22.